The van der Waals surface area contributed by atoms with Gasteiger partial charge in [0.1, 0.15) is 0 Å². The highest BCUT2D eigenvalue weighted by atomic mass is 15.3. The minimum atomic E-state index is 0.735. The molecular weight excluding hydrogens is 194 g/mol. The van der Waals surface area contributed by atoms with Crippen LogP contribution in [0.3, 0.4) is 0 Å². The summed E-state index contributed by atoms with van der Waals surface area (Å²) in [6.07, 6.45) is 5.48. The largest absolute Gasteiger partial charge is 0.327 e. The van der Waals surface area contributed by atoms with Crippen LogP contribution in [0.4, 0.5) is 0 Å². The van der Waals surface area contributed by atoms with Gasteiger partial charge >= 0.3 is 0 Å². The van der Waals surface area contributed by atoms with Gasteiger partial charge in [0.15, 0.2) is 0 Å². The molecule has 16 heavy (non-hydrogen) atoms. The summed E-state index contributed by atoms with van der Waals surface area (Å²) < 4.78 is 1.16. The summed E-state index contributed by atoms with van der Waals surface area (Å²) in [5.74, 6) is 1.83. The predicted molar refractivity (Wildman–Crippen MR) is 74.6 cm³/mol. The SMILES string of the molecule is CCCC(CC[N+](C)(C)C(C)C)C(C)CC. The molecule has 98 valence electrons. The highest BCUT2D eigenvalue weighted by Gasteiger charge is 2.23. The van der Waals surface area contributed by atoms with Crippen LogP contribution < -0.4 is 0 Å². The second-order valence-electron chi connectivity index (χ2n) is 6.32. The molecule has 1 heteroatoms. The third-order valence-corrected chi connectivity index (χ3v) is 4.58. The number of quaternary nitrogens is 1. The number of hydrogen-bond donors (Lipinski definition) is 0. The Balaban J connectivity index is 4.20. The van der Waals surface area contributed by atoms with E-state index in [1.165, 1.54) is 32.2 Å². The van der Waals surface area contributed by atoms with Crippen LogP contribution in [0.1, 0.15) is 60.3 Å². The third kappa shape index (κ3) is 5.34. The van der Waals surface area contributed by atoms with Crippen molar-refractivity contribution in [2.45, 2.75) is 66.3 Å². The fourth-order valence-corrected chi connectivity index (χ4v) is 2.17. The quantitative estimate of drug-likeness (QED) is 0.543. The second kappa shape index (κ2) is 7.32. The van der Waals surface area contributed by atoms with Crippen molar-refractivity contribution in [3.8, 4) is 0 Å². The van der Waals surface area contributed by atoms with Crippen molar-refractivity contribution in [2.24, 2.45) is 11.8 Å². The molecular formula is C15H34N+. The topological polar surface area (TPSA) is 0 Å². The fourth-order valence-electron chi connectivity index (χ4n) is 2.17. The molecule has 0 aromatic rings. The van der Waals surface area contributed by atoms with Crippen LogP contribution in [0.15, 0.2) is 0 Å². The summed E-state index contributed by atoms with van der Waals surface area (Å²) in [7, 11) is 4.73. The molecule has 2 atom stereocenters. The summed E-state index contributed by atoms with van der Waals surface area (Å²) in [5.41, 5.74) is 0. The zero-order valence-corrected chi connectivity index (χ0v) is 12.7. The second-order valence-corrected chi connectivity index (χ2v) is 6.32. The summed E-state index contributed by atoms with van der Waals surface area (Å²) in [6.45, 7) is 13.1. The standard InChI is InChI=1S/C15H34N/c1-8-10-15(14(5)9-2)11-12-16(6,7)13(3)4/h13-15H,8-12H2,1-7H3/q+1. The van der Waals surface area contributed by atoms with Crippen LogP contribution in [-0.4, -0.2) is 31.2 Å². The predicted octanol–water partition coefficient (Wildman–Crippen LogP) is 4.32. The molecule has 0 N–H and O–H groups in total. The van der Waals surface area contributed by atoms with E-state index in [9.17, 15) is 0 Å². The lowest BCUT2D eigenvalue weighted by atomic mass is 9.85. The number of rotatable bonds is 8. The maximum atomic E-state index is 2.43. The van der Waals surface area contributed by atoms with E-state index in [1.54, 1.807) is 0 Å². The van der Waals surface area contributed by atoms with Gasteiger partial charge in [0.25, 0.3) is 0 Å². The van der Waals surface area contributed by atoms with Gasteiger partial charge < -0.3 is 4.48 Å². The average Bonchev–Trinajstić information content (AvgIpc) is 2.22. The summed E-state index contributed by atoms with van der Waals surface area (Å²) in [4.78, 5) is 0. The molecule has 0 aliphatic rings. The van der Waals surface area contributed by atoms with Gasteiger partial charge in [-0.1, -0.05) is 40.0 Å². The third-order valence-electron chi connectivity index (χ3n) is 4.58. The first-order valence-electron chi connectivity index (χ1n) is 7.17. The van der Waals surface area contributed by atoms with Crippen molar-refractivity contribution in [1.29, 1.82) is 0 Å². The molecule has 0 radical (unpaired) electrons. The molecule has 0 amide bonds. The summed E-state index contributed by atoms with van der Waals surface area (Å²) in [6, 6.07) is 0.735. The molecule has 0 spiro atoms. The van der Waals surface area contributed by atoms with Crippen LogP contribution >= 0.6 is 0 Å². The van der Waals surface area contributed by atoms with Crippen LogP contribution in [0.25, 0.3) is 0 Å². The van der Waals surface area contributed by atoms with Crippen molar-refractivity contribution < 1.29 is 4.48 Å². The lowest BCUT2D eigenvalue weighted by molar-refractivity contribution is -0.911. The minimum absolute atomic E-state index is 0.735. The van der Waals surface area contributed by atoms with Gasteiger partial charge in [-0.15, -0.1) is 0 Å². The first kappa shape index (κ1) is 16.0. The molecule has 0 saturated heterocycles. The Hall–Kier alpha value is -0.0400. The molecule has 0 aromatic carbocycles. The maximum absolute atomic E-state index is 2.43. The smallest absolute Gasteiger partial charge is 0.0829 e. The van der Waals surface area contributed by atoms with Crippen molar-refractivity contribution in [3.05, 3.63) is 0 Å². The molecule has 0 bridgehead atoms. The summed E-state index contributed by atoms with van der Waals surface area (Å²) in [5, 5.41) is 0. The van der Waals surface area contributed by atoms with Gasteiger partial charge in [-0.25, -0.2) is 0 Å². The Labute approximate surface area is 104 Å². The van der Waals surface area contributed by atoms with E-state index in [1.807, 2.05) is 0 Å². The molecule has 0 saturated carbocycles. The Morgan fingerprint density at radius 3 is 1.88 bits per heavy atom. The number of hydrogen-bond acceptors (Lipinski definition) is 0. The van der Waals surface area contributed by atoms with Crippen molar-refractivity contribution in [2.75, 3.05) is 20.6 Å². The minimum Gasteiger partial charge on any atom is -0.327 e. The molecule has 0 fully saturated rings. The Morgan fingerprint density at radius 1 is 0.938 bits per heavy atom. The lowest BCUT2D eigenvalue weighted by Crippen LogP contribution is -2.47. The Kier molecular flexibility index (Phi) is 7.30. The highest BCUT2D eigenvalue weighted by Crippen LogP contribution is 2.25. The van der Waals surface area contributed by atoms with Gasteiger partial charge in [-0.3, -0.25) is 0 Å². The van der Waals surface area contributed by atoms with Gasteiger partial charge in [0.05, 0.1) is 26.7 Å². The Bertz CT molecular complexity index is 172. The first-order chi connectivity index (χ1) is 7.35. The van der Waals surface area contributed by atoms with Gasteiger partial charge in [-0.05, 0) is 32.1 Å². The van der Waals surface area contributed by atoms with E-state index in [0.29, 0.717) is 0 Å². The molecule has 0 aliphatic carbocycles. The van der Waals surface area contributed by atoms with E-state index in [0.717, 1.165) is 22.4 Å². The fraction of sp³-hybridized carbons (Fsp3) is 1.00. The van der Waals surface area contributed by atoms with Crippen LogP contribution in [0.5, 0.6) is 0 Å². The van der Waals surface area contributed by atoms with Crippen LogP contribution in [0, 0.1) is 11.8 Å². The van der Waals surface area contributed by atoms with E-state index in [2.05, 4.69) is 48.7 Å². The van der Waals surface area contributed by atoms with Crippen LogP contribution in [0.2, 0.25) is 0 Å². The van der Waals surface area contributed by atoms with E-state index in [4.69, 9.17) is 0 Å². The van der Waals surface area contributed by atoms with Crippen molar-refractivity contribution >= 4 is 0 Å². The van der Waals surface area contributed by atoms with E-state index >= 15 is 0 Å². The maximum Gasteiger partial charge on any atom is 0.0829 e. The van der Waals surface area contributed by atoms with Gasteiger partial charge in [0.2, 0.25) is 0 Å². The van der Waals surface area contributed by atoms with E-state index < -0.39 is 0 Å². The molecule has 0 rings (SSSR count). The molecule has 0 aliphatic heterocycles. The van der Waals surface area contributed by atoms with Crippen molar-refractivity contribution in [3.63, 3.8) is 0 Å². The average molecular weight is 228 g/mol. The summed E-state index contributed by atoms with van der Waals surface area (Å²) >= 11 is 0. The van der Waals surface area contributed by atoms with Gasteiger partial charge in [-0.2, -0.15) is 0 Å². The molecule has 0 heterocycles. The zero-order valence-electron chi connectivity index (χ0n) is 12.7. The zero-order chi connectivity index (χ0) is 12.8. The molecule has 2 unspecified atom stereocenters. The Morgan fingerprint density at radius 2 is 1.50 bits per heavy atom. The van der Waals surface area contributed by atoms with Crippen LogP contribution in [-0.2, 0) is 0 Å². The first-order valence-corrected chi connectivity index (χ1v) is 7.17. The normalized spacial score (nSPS) is 16.5. The lowest BCUT2D eigenvalue weighted by Gasteiger charge is -2.36. The van der Waals surface area contributed by atoms with E-state index in [-0.39, 0.29) is 0 Å². The monoisotopic (exact) mass is 228 g/mol. The number of nitrogens with zero attached hydrogens (tertiary/aromatic N) is 1. The van der Waals surface area contributed by atoms with Crippen molar-refractivity contribution in [1.82, 2.24) is 0 Å². The highest BCUT2D eigenvalue weighted by molar-refractivity contribution is 4.65. The molecule has 1 nitrogen and oxygen atoms in total. The van der Waals surface area contributed by atoms with Gasteiger partial charge in [0, 0.05) is 0 Å². The molecule has 0 aromatic heterocycles.